The molecule has 1 unspecified atom stereocenters. The predicted octanol–water partition coefficient (Wildman–Crippen LogP) is 2.57. The number of nitrogens with zero attached hydrogens (tertiary/aromatic N) is 3. The number of nitrogens with one attached hydrogen (secondary N) is 1. The highest BCUT2D eigenvalue weighted by Gasteiger charge is 2.15. The van der Waals surface area contributed by atoms with Crippen LogP contribution in [-0.2, 0) is 0 Å². The molecule has 0 fully saturated rings. The van der Waals surface area contributed by atoms with Crippen LogP contribution in [0, 0.1) is 11.8 Å². The molecular weight excluding hydrogens is 236 g/mol. The third-order valence-electron chi connectivity index (χ3n) is 3.11. The summed E-state index contributed by atoms with van der Waals surface area (Å²) in [5, 5.41) is 7.95. The Bertz CT molecular complexity index is 576. The Hall–Kier alpha value is -1.86. The van der Waals surface area contributed by atoms with Crippen molar-refractivity contribution in [1.82, 2.24) is 19.9 Å². The van der Waals surface area contributed by atoms with Gasteiger partial charge in [-0.15, -0.1) is 11.8 Å². The zero-order valence-electron chi connectivity index (χ0n) is 11.6. The van der Waals surface area contributed by atoms with E-state index in [-0.39, 0.29) is 0 Å². The summed E-state index contributed by atoms with van der Waals surface area (Å²) in [6.07, 6.45) is 10.4. The number of hydrogen-bond acceptors (Lipinski definition) is 3. The maximum Gasteiger partial charge on any atom is 0.0892 e. The minimum atomic E-state index is 0.294. The highest BCUT2D eigenvalue weighted by atomic mass is 15.2. The van der Waals surface area contributed by atoms with E-state index in [4.69, 9.17) is 0 Å². The van der Waals surface area contributed by atoms with Gasteiger partial charge in [0.05, 0.1) is 17.9 Å². The zero-order chi connectivity index (χ0) is 13.5. The Balaban J connectivity index is 2.22. The highest BCUT2D eigenvalue weighted by molar-refractivity contribution is 5.53. The molecule has 0 amide bonds. The summed E-state index contributed by atoms with van der Waals surface area (Å²) < 4.78 is 1.87. The van der Waals surface area contributed by atoms with Gasteiger partial charge < -0.3 is 5.32 Å². The first kappa shape index (κ1) is 13.6. The largest absolute Gasteiger partial charge is 0.310 e. The van der Waals surface area contributed by atoms with E-state index in [1.54, 1.807) is 6.20 Å². The van der Waals surface area contributed by atoms with Crippen LogP contribution in [0.2, 0.25) is 0 Å². The Morgan fingerprint density at radius 2 is 2.32 bits per heavy atom. The van der Waals surface area contributed by atoms with Crippen molar-refractivity contribution in [3.8, 4) is 11.8 Å². The fourth-order valence-electron chi connectivity index (χ4n) is 2.15. The van der Waals surface area contributed by atoms with Gasteiger partial charge in [0.15, 0.2) is 0 Å². The molecule has 0 aliphatic heterocycles. The minimum Gasteiger partial charge on any atom is -0.310 e. The highest BCUT2D eigenvalue weighted by Crippen LogP contribution is 2.22. The summed E-state index contributed by atoms with van der Waals surface area (Å²) in [6.45, 7) is 5.06. The van der Waals surface area contributed by atoms with Crippen LogP contribution in [0.3, 0.4) is 0 Å². The van der Waals surface area contributed by atoms with Crippen molar-refractivity contribution in [2.75, 3.05) is 6.54 Å². The lowest BCUT2D eigenvalue weighted by Crippen LogP contribution is -2.22. The molecule has 0 saturated carbocycles. The second-order valence-corrected chi connectivity index (χ2v) is 4.48. The molecule has 0 saturated heterocycles. The Kier molecular flexibility index (Phi) is 4.93. The third-order valence-corrected chi connectivity index (χ3v) is 3.11. The molecule has 4 nitrogen and oxygen atoms in total. The maximum absolute atomic E-state index is 4.38. The van der Waals surface area contributed by atoms with Gasteiger partial charge in [-0.05, 0) is 26.3 Å². The molecule has 2 heterocycles. The van der Waals surface area contributed by atoms with Crippen LogP contribution in [0.4, 0.5) is 0 Å². The van der Waals surface area contributed by atoms with Crippen molar-refractivity contribution in [3.05, 3.63) is 30.4 Å². The van der Waals surface area contributed by atoms with Gasteiger partial charge in [-0.3, -0.25) is 4.98 Å². The SMILES string of the molecule is CC#CCCC(NCCC)c1cnn2ccncc12. The van der Waals surface area contributed by atoms with Crippen molar-refractivity contribution < 1.29 is 0 Å². The van der Waals surface area contributed by atoms with Crippen LogP contribution in [0.25, 0.3) is 5.52 Å². The van der Waals surface area contributed by atoms with Crippen molar-refractivity contribution in [2.24, 2.45) is 0 Å². The lowest BCUT2D eigenvalue weighted by atomic mass is 10.0. The van der Waals surface area contributed by atoms with E-state index in [1.165, 1.54) is 5.56 Å². The van der Waals surface area contributed by atoms with E-state index in [1.807, 2.05) is 30.0 Å². The second kappa shape index (κ2) is 6.91. The molecule has 0 aromatic carbocycles. The molecule has 2 rings (SSSR count). The van der Waals surface area contributed by atoms with Gasteiger partial charge in [0, 0.05) is 30.4 Å². The summed E-state index contributed by atoms with van der Waals surface area (Å²) in [4.78, 5) is 4.19. The molecule has 0 bridgehead atoms. The molecule has 4 heteroatoms. The summed E-state index contributed by atoms with van der Waals surface area (Å²) in [7, 11) is 0. The van der Waals surface area contributed by atoms with E-state index in [2.05, 4.69) is 34.2 Å². The topological polar surface area (TPSA) is 42.2 Å². The number of rotatable bonds is 6. The van der Waals surface area contributed by atoms with Crippen LogP contribution in [-0.4, -0.2) is 21.1 Å². The molecule has 0 aliphatic carbocycles. The molecular formula is C15H20N4. The van der Waals surface area contributed by atoms with Crippen LogP contribution >= 0.6 is 0 Å². The number of fused-ring (bicyclic) bond motifs is 1. The maximum atomic E-state index is 4.38. The summed E-state index contributed by atoms with van der Waals surface area (Å²) in [5.74, 6) is 6.08. The first-order valence-electron chi connectivity index (χ1n) is 6.77. The first-order valence-corrected chi connectivity index (χ1v) is 6.77. The number of aromatic nitrogens is 3. The van der Waals surface area contributed by atoms with Crippen molar-refractivity contribution in [3.63, 3.8) is 0 Å². The smallest absolute Gasteiger partial charge is 0.0892 e. The van der Waals surface area contributed by atoms with E-state index >= 15 is 0 Å². The van der Waals surface area contributed by atoms with Crippen LogP contribution in [0.5, 0.6) is 0 Å². The third kappa shape index (κ3) is 3.33. The zero-order valence-corrected chi connectivity index (χ0v) is 11.6. The Morgan fingerprint density at radius 1 is 1.42 bits per heavy atom. The predicted molar refractivity (Wildman–Crippen MR) is 76.7 cm³/mol. The van der Waals surface area contributed by atoms with Crippen molar-refractivity contribution in [2.45, 2.75) is 39.2 Å². The fraction of sp³-hybridized carbons (Fsp3) is 0.467. The van der Waals surface area contributed by atoms with Gasteiger partial charge in [-0.2, -0.15) is 5.10 Å². The van der Waals surface area contributed by atoms with Crippen molar-refractivity contribution >= 4 is 5.52 Å². The second-order valence-electron chi connectivity index (χ2n) is 4.48. The Labute approximate surface area is 114 Å². The summed E-state index contributed by atoms with van der Waals surface area (Å²) >= 11 is 0. The van der Waals surface area contributed by atoms with Gasteiger partial charge >= 0.3 is 0 Å². The standard InChI is InChI=1S/C15H20N4/c1-3-5-6-7-14(17-8-4-2)13-11-18-19-10-9-16-12-15(13)19/h9-12,14,17H,4,6-8H2,1-2H3. The summed E-state index contributed by atoms with van der Waals surface area (Å²) in [5.41, 5.74) is 2.28. The van der Waals surface area contributed by atoms with Gasteiger partial charge in [0.2, 0.25) is 0 Å². The van der Waals surface area contributed by atoms with Gasteiger partial charge in [0.1, 0.15) is 0 Å². The molecule has 19 heavy (non-hydrogen) atoms. The number of hydrogen-bond donors (Lipinski definition) is 1. The molecule has 0 spiro atoms. The average Bonchev–Trinajstić information content (AvgIpc) is 2.87. The lowest BCUT2D eigenvalue weighted by molar-refractivity contribution is 0.508. The van der Waals surface area contributed by atoms with Crippen LogP contribution < -0.4 is 5.32 Å². The minimum absolute atomic E-state index is 0.294. The normalized spacial score (nSPS) is 12.1. The van der Waals surface area contributed by atoms with Crippen LogP contribution in [0.1, 0.15) is 44.7 Å². The molecule has 2 aromatic rings. The monoisotopic (exact) mass is 256 g/mol. The van der Waals surface area contributed by atoms with Gasteiger partial charge in [-0.1, -0.05) is 6.92 Å². The van der Waals surface area contributed by atoms with Gasteiger partial charge in [0.25, 0.3) is 0 Å². The molecule has 0 radical (unpaired) electrons. The first-order chi connectivity index (χ1) is 9.36. The molecule has 0 aliphatic rings. The van der Waals surface area contributed by atoms with E-state index in [9.17, 15) is 0 Å². The summed E-state index contributed by atoms with van der Waals surface area (Å²) in [6, 6.07) is 0.294. The van der Waals surface area contributed by atoms with E-state index in [0.29, 0.717) is 6.04 Å². The Morgan fingerprint density at radius 3 is 3.11 bits per heavy atom. The fourth-order valence-corrected chi connectivity index (χ4v) is 2.15. The molecule has 1 atom stereocenters. The molecule has 100 valence electrons. The lowest BCUT2D eigenvalue weighted by Gasteiger charge is -2.16. The quantitative estimate of drug-likeness (QED) is 0.808. The van der Waals surface area contributed by atoms with E-state index in [0.717, 1.165) is 31.3 Å². The van der Waals surface area contributed by atoms with Crippen molar-refractivity contribution in [1.29, 1.82) is 0 Å². The average molecular weight is 256 g/mol. The van der Waals surface area contributed by atoms with Gasteiger partial charge in [-0.25, -0.2) is 4.52 Å². The molecule has 1 N–H and O–H groups in total. The van der Waals surface area contributed by atoms with Crippen LogP contribution in [0.15, 0.2) is 24.8 Å². The van der Waals surface area contributed by atoms with E-state index < -0.39 is 0 Å². The molecule has 2 aromatic heterocycles.